The maximum Gasteiger partial charge on any atom is 0.273 e. The zero-order chi connectivity index (χ0) is 14.7. The van der Waals surface area contributed by atoms with E-state index in [9.17, 15) is 14.5 Å². The van der Waals surface area contributed by atoms with Crippen LogP contribution in [0.3, 0.4) is 0 Å². The fraction of sp³-hybridized carbons (Fsp3) is 0.143. The molecule has 0 bridgehead atoms. The predicted molar refractivity (Wildman–Crippen MR) is 75.9 cm³/mol. The summed E-state index contributed by atoms with van der Waals surface area (Å²) in [6.45, 7) is 1.77. The molecule has 0 amide bonds. The van der Waals surface area contributed by atoms with E-state index in [-0.39, 0.29) is 23.2 Å². The number of nitrogens with one attached hydrogen (secondary N) is 1. The highest BCUT2D eigenvalue weighted by Crippen LogP contribution is 2.26. The van der Waals surface area contributed by atoms with Crippen molar-refractivity contribution in [1.29, 1.82) is 0 Å². The molecule has 20 heavy (non-hydrogen) atoms. The van der Waals surface area contributed by atoms with Gasteiger partial charge in [0.2, 0.25) is 0 Å². The van der Waals surface area contributed by atoms with Gasteiger partial charge in [-0.25, -0.2) is 4.39 Å². The van der Waals surface area contributed by atoms with Crippen molar-refractivity contribution in [2.24, 2.45) is 0 Å². The van der Waals surface area contributed by atoms with Crippen molar-refractivity contribution in [2.45, 2.75) is 13.0 Å². The van der Waals surface area contributed by atoms with Gasteiger partial charge in [0.15, 0.2) is 0 Å². The van der Waals surface area contributed by atoms with E-state index in [4.69, 9.17) is 5.73 Å². The summed E-state index contributed by atoms with van der Waals surface area (Å²) >= 11 is 0. The molecule has 0 fully saturated rings. The molecular formula is C14H14FN3O2. The minimum Gasteiger partial charge on any atom is -0.398 e. The van der Waals surface area contributed by atoms with Gasteiger partial charge in [0, 0.05) is 29.1 Å². The second-order valence-corrected chi connectivity index (χ2v) is 4.46. The Morgan fingerprint density at radius 1 is 1.30 bits per heavy atom. The molecule has 0 radical (unpaired) electrons. The van der Waals surface area contributed by atoms with Crippen LogP contribution in [0.5, 0.6) is 0 Å². The van der Waals surface area contributed by atoms with Crippen molar-refractivity contribution in [1.82, 2.24) is 0 Å². The number of nitrogens with zero attached hydrogens (tertiary/aromatic N) is 1. The number of benzene rings is 2. The normalized spacial score (nSPS) is 11.9. The highest BCUT2D eigenvalue weighted by Gasteiger charge is 2.13. The lowest BCUT2D eigenvalue weighted by molar-refractivity contribution is -0.384. The first kappa shape index (κ1) is 13.8. The zero-order valence-corrected chi connectivity index (χ0v) is 10.8. The van der Waals surface area contributed by atoms with Crippen molar-refractivity contribution in [3.05, 3.63) is 64.0 Å². The van der Waals surface area contributed by atoms with Gasteiger partial charge >= 0.3 is 0 Å². The highest BCUT2D eigenvalue weighted by atomic mass is 19.1. The van der Waals surface area contributed by atoms with Gasteiger partial charge in [0.05, 0.1) is 11.0 Å². The molecule has 0 aliphatic rings. The van der Waals surface area contributed by atoms with Crippen molar-refractivity contribution in [3.8, 4) is 0 Å². The monoisotopic (exact) mass is 275 g/mol. The Bertz CT molecular complexity index is 646. The topological polar surface area (TPSA) is 81.2 Å². The molecule has 3 N–H and O–H groups in total. The average molecular weight is 275 g/mol. The fourth-order valence-electron chi connectivity index (χ4n) is 1.98. The molecule has 0 aliphatic carbocycles. The smallest absolute Gasteiger partial charge is 0.273 e. The van der Waals surface area contributed by atoms with E-state index in [0.717, 1.165) is 0 Å². The van der Waals surface area contributed by atoms with Crippen LogP contribution in [0.1, 0.15) is 18.5 Å². The highest BCUT2D eigenvalue weighted by molar-refractivity contribution is 5.62. The molecule has 2 rings (SSSR count). The van der Waals surface area contributed by atoms with Crippen molar-refractivity contribution in [3.63, 3.8) is 0 Å². The van der Waals surface area contributed by atoms with E-state index in [0.29, 0.717) is 11.3 Å². The molecule has 0 spiro atoms. The van der Waals surface area contributed by atoms with Crippen LogP contribution in [0.4, 0.5) is 21.5 Å². The van der Waals surface area contributed by atoms with Crippen LogP contribution in [0.25, 0.3) is 0 Å². The quantitative estimate of drug-likeness (QED) is 0.508. The van der Waals surface area contributed by atoms with E-state index in [1.54, 1.807) is 31.2 Å². The Hall–Kier alpha value is -2.63. The lowest BCUT2D eigenvalue weighted by Crippen LogP contribution is -2.09. The third-order valence-electron chi connectivity index (χ3n) is 2.91. The average Bonchev–Trinajstić information content (AvgIpc) is 2.38. The zero-order valence-electron chi connectivity index (χ0n) is 10.8. The molecule has 6 heteroatoms. The summed E-state index contributed by atoms with van der Waals surface area (Å²) in [7, 11) is 0. The standard InChI is InChI=1S/C14H14FN3O2/c1-9(13-4-2-3-5-14(13)15)17-11-6-10(16)7-12(8-11)18(19)20/h2-9,17H,16H2,1H3. The van der Waals surface area contributed by atoms with Gasteiger partial charge in [-0.3, -0.25) is 10.1 Å². The summed E-state index contributed by atoms with van der Waals surface area (Å²) in [5.74, 6) is -0.328. The first-order valence-corrected chi connectivity index (χ1v) is 6.03. The Kier molecular flexibility index (Phi) is 3.84. The van der Waals surface area contributed by atoms with Gasteiger partial charge < -0.3 is 11.1 Å². The Labute approximate surface area is 115 Å². The van der Waals surface area contributed by atoms with E-state index in [1.165, 1.54) is 18.2 Å². The molecule has 2 aromatic rings. The van der Waals surface area contributed by atoms with Crippen molar-refractivity contribution >= 4 is 17.1 Å². The number of nitrogen functional groups attached to an aromatic ring is 1. The predicted octanol–water partition coefficient (Wildman–Crippen LogP) is 3.49. The summed E-state index contributed by atoms with van der Waals surface area (Å²) in [5, 5.41) is 13.8. The Balaban J connectivity index is 2.26. The van der Waals surface area contributed by atoms with Crippen LogP contribution >= 0.6 is 0 Å². The van der Waals surface area contributed by atoms with Crippen molar-refractivity contribution in [2.75, 3.05) is 11.1 Å². The van der Waals surface area contributed by atoms with Crippen LogP contribution in [0, 0.1) is 15.9 Å². The molecular weight excluding hydrogens is 261 g/mol. The van der Waals surface area contributed by atoms with Gasteiger partial charge in [-0.2, -0.15) is 0 Å². The number of anilines is 2. The van der Waals surface area contributed by atoms with E-state index in [2.05, 4.69) is 5.32 Å². The van der Waals surface area contributed by atoms with Crippen LogP contribution in [-0.2, 0) is 0 Å². The Morgan fingerprint density at radius 2 is 2.00 bits per heavy atom. The molecule has 1 unspecified atom stereocenters. The summed E-state index contributed by atoms with van der Waals surface area (Å²) in [4.78, 5) is 10.3. The fourth-order valence-corrected chi connectivity index (χ4v) is 1.98. The number of nitro groups is 1. The minimum absolute atomic E-state index is 0.103. The molecule has 0 heterocycles. The second-order valence-electron chi connectivity index (χ2n) is 4.46. The van der Waals surface area contributed by atoms with Gasteiger partial charge in [-0.05, 0) is 19.1 Å². The number of non-ortho nitro benzene ring substituents is 1. The van der Waals surface area contributed by atoms with Crippen LogP contribution in [0.15, 0.2) is 42.5 Å². The second kappa shape index (κ2) is 5.56. The molecule has 0 aromatic heterocycles. The molecule has 0 aliphatic heterocycles. The Morgan fingerprint density at radius 3 is 2.65 bits per heavy atom. The van der Waals surface area contributed by atoms with E-state index < -0.39 is 4.92 Å². The molecule has 0 saturated heterocycles. The van der Waals surface area contributed by atoms with Crippen molar-refractivity contribution < 1.29 is 9.31 Å². The molecule has 2 aromatic carbocycles. The SMILES string of the molecule is CC(Nc1cc(N)cc([N+](=O)[O-])c1)c1ccccc1F. The van der Waals surface area contributed by atoms with Gasteiger partial charge in [-0.15, -0.1) is 0 Å². The first-order valence-electron chi connectivity index (χ1n) is 6.03. The first-order chi connectivity index (χ1) is 9.47. The number of hydrogen-bond donors (Lipinski definition) is 2. The summed E-state index contributed by atoms with van der Waals surface area (Å²) in [6.07, 6.45) is 0. The van der Waals surface area contributed by atoms with Crippen LogP contribution in [-0.4, -0.2) is 4.92 Å². The minimum atomic E-state index is -0.519. The lowest BCUT2D eigenvalue weighted by Gasteiger charge is -2.16. The number of nitrogens with two attached hydrogens (primary N) is 1. The van der Waals surface area contributed by atoms with Gasteiger partial charge in [0.25, 0.3) is 5.69 Å². The maximum atomic E-state index is 13.7. The molecule has 0 saturated carbocycles. The van der Waals surface area contributed by atoms with Crippen LogP contribution < -0.4 is 11.1 Å². The third kappa shape index (κ3) is 3.03. The summed E-state index contributed by atoms with van der Waals surface area (Å²) < 4.78 is 13.7. The van der Waals surface area contributed by atoms with Gasteiger partial charge in [0.1, 0.15) is 5.82 Å². The van der Waals surface area contributed by atoms with Gasteiger partial charge in [-0.1, -0.05) is 18.2 Å². The maximum absolute atomic E-state index is 13.7. The van der Waals surface area contributed by atoms with E-state index >= 15 is 0 Å². The molecule has 5 nitrogen and oxygen atoms in total. The third-order valence-corrected chi connectivity index (χ3v) is 2.91. The number of rotatable bonds is 4. The number of nitro benzene ring substituents is 1. The van der Waals surface area contributed by atoms with E-state index in [1.807, 2.05) is 0 Å². The largest absolute Gasteiger partial charge is 0.398 e. The molecule has 1 atom stereocenters. The summed E-state index contributed by atoms with van der Waals surface area (Å²) in [5.41, 5.74) is 6.76. The number of hydrogen-bond acceptors (Lipinski definition) is 4. The number of halogens is 1. The molecule has 104 valence electrons. The lowest BCUT2D eigenvalue weighted by atomic mass is 10.1. The van der Waals surface area contributed by atoms with Crippen LogP contribution in [0.2, 0.25) is 0 Å². The summed E-state index contributed by atoms with van der Waals surface area (Å²) in [6, 6.07) is 10.3.